The number of aliphatic hydroxyl groups is 1. The second kappa shape index (κ2) is 10.6. The fourth-order valence-corrected chi connectivity index (χ4v) is 3.67. The molecule has 3 N–H and O–H groups in total. The average Bonchev–Trinajstić information content (AvgIpc) is 2.63. The topological polar surface area (TPSA) is 83.5 Å². The summed E-state index contributed by atoms with van der Waals surface area (Å²) in [5.41, 5.74) is 0.838. The van der Waals surface area contributed by atoms with Crippen LogP contribution in [-0.4, -0.2) is 48.3 Å². The molecular formula is C21H35N3O3. The second-order valence-electron chi connectivity index (χ2n) is 8.66. The molecule has 1 fully saturated rings. The maximum Gasteiger partial charge on any atom is 0.252 e. The minimum atomic E-state index is -0.237. The van der Waals surface area contributed by atoms with E-state index in [0.29, 0.717) is 29.5 Å². The lowest BCUT2D eigenvalue weighted by atomic mass is 9.81. The van der Waals surface area contributed by atoms with Crippen molar-refractivity contribution >= 4 is 5.91 Å². The molecule has 2 unspecified atom stereocenters. The molecule has 6 heteroatoms. The summed E-state index contributed by atoms with van der Waals surface area (Å²) >= 11 is 0. The molecule has 2 heterocycles. The first kappa shape index (κ1) is 21.6. The lowest BCUT2D eigenvalue weighted by Gasteiger charge is -2.34. The van der Waals surface area contributed by atoms with Gasteiger partial charge in [0.2, 0.25) is 5.88 Å². The molecule has 1 aliphatic heterocycles. The number of pyridine rings is 1. The third kappa shape index (κ3) is 8.26. The minimum Gasteiger partial charge on any atom is -0.478 e. The van der Waals surface area contributed by atoms with Crippen molar-refractivity contribution in [2.75, 3.05) is 26.3 Å². The molecule has 0 aromatic carbocycles. The average molecular weight is 378 g/mol. The van der Waals surface area contributed by atoms with Crippen LogP contribution in [0.2, 0.25) is 0 Å². The smallest absolute Gasteiger partial charge is 0.252 e. The van der Waals surface area contributed by atoms with Crippen molar-refractivity contribution in [2.24, 2.45) is 11.3 Å². The maximum atomic E-state index is 11.8. The first-order valence-electron chi connectivity index (χ1n) is 10.1. The molecule has 0 aliphatic carbocycles. The quantitative estimate of drug-likeness (QED) is 0.577. The molecule has 2 atom stereocenters. The molecule has 1 saturated heterocycles. The van der Waals surface area contributed by atoms with E-state index in [0.717, 1.165) is 18.9 Å². The molecule has 152 valence electrons. The Balaban J connectivity index is 1.67. The highest BCUT2D eigenvalue weighted by atomic mass is 16.5. The number of aliphatic hydroxyl groups excluding tert-OH is 1. The molecule has 1 aromatic rings. The van der Waals surface area contributed by atoms with Crippen molar-refractivity contribution in [1.82, 2.24) is 15.6 Å². The number of carbonyl (C=O) groups is 1. The number of hydrogen-bond acceptors (Lipinski definition) is 5. The van der Waals surface area contributed by atoms with Crippen LogP contribution in [0.25, 0.3) is 0 Å². The number of nitrogens with zero attached hydrogens (tertiary/aromatic N) is 1. The van der Waals surface area contributed by atoms with Gasteiger partial charge in [-0.05, 0) is 56.0 Å². The van der Waals surface area contributed by atoms with Crippen molar-refractivity contribution in [1.29, 1.82) is 0 Å². The Hall–Kier alpha value is -1.66. The molecule has 2 rings (SSSR count). The summed E-state index contributed by atoms with van der Waals surface area (Å²) in [6.07, 6.45) is 7.44. The van der Waals surface area contributed by atoms with Crippen LogP contribution >= 0.6 is 0 Å². The van der Waals surface area contributed by atoms with Gasteiger partial charge in [0, 0.05) is 24.8 Å². The highest BCUT2D eigenvalue weighted by Gasteiger charge is 2.25. The van der Waals surface area contributed by atoms with E-state index in [-0.39, 0.29) is 19.1 Å². The van der Waals surface area contributed by atoms with E-state index < -0.39 is 0 Å². The van der Waals surface area contributed by atoms with Crippen LogP contribution in [0.4, 0.5) is 0 Å². The predicted molar refractivity (Wildman–Crippen MR) is 107 cm³/mol. The standard InChI is InChI=1S/C21H35N3O3/c1-21(2,3)14-18-13-16(8-9-22-18)5-4-12-27-19-7-6-17(15-24-19)20(26)23-10-11-25/h6-7,15-16,18,22,25H,4-5,8-14H2,1-3H3,(H,23,26). The maximum absolute atomic E-state index is 11.8. The summed E-state index contributed by atoms with van der Waals surface area (Å²) in [4.78, 5) is 15.9. The van der Waals surface area contributed by atoms with Crippen LogP contribution in [0.15, 0.2) is 18.3 Å². The summed E-state index contributed by atoms with van der Waals surface area (Å²) < 4.78 is 5.72. The first-order chi connectivity index (χ1) is 12.9. The Kier molecular flexibility index (Phi) is 8.51. The van der Waals surface area contributed by atoms with Crippen molar-refractivity contribution in [3.63, 3.8) is 0 Å². The zero-order chi connectivity index (χ0) is 19.7. The number of hydrogen-bond donors (Lipinski definition) is 3. The van der Waals surface area contributed by atoms with Crippen LogP contribution in [-0.2, 0) is 0 Å². The van der Waals surface area contributed by atoms with E-state index in [1.54, 1.807) is 12.1 Å². The highest BCUT2D eigenvalue weighted by Crippen LogP contribution is 2.29. The Morgan fingerprint density at radius 2 is 2.22 bits per heavy atom. The molecule has 1 amide bonds. The van der Waals surface area contributed by atoms with Gasteiger partial charge < -0.3 is 20.5 Å². The molecule has 6 nitrogen and oxygen atoms in total. The summed E-state index contributed by atoms with van der Waals surface area (Å²) in [7, 11) is 0. The molecule has 0 saturated carbocycles. The number of carbonyl (C=O) groups excluding carboxylic acids is 1. The number of amides is 1. The number of piperidine rings is 1. The van der Waals surface area contributed by atoms with Gasteiger partial charge in [-0.25, -0.2) is 4.98 Å². The van der Waals surface area contributed by atoms with Crippen molar-refractivity contribution in [3.05, 3.63) is 23.9 Å². The Morgan fingerprint density at radius 1 is 1.41 bits per heavy atom. The lowest BCUT2D eigenvalue weighted by molar-refractivity contribution is 0.0944. The summed E-state index contributed by atoms with van der Waals surface area (Å²) in [5, 5.41) is 15.0. The van der Waals surface area contributed by atoms with Crippen LogP contribution in [0, 0.1) is 11.3 Å². The van der Waals surface area contributed by atoms with Gasteiger partial charge in [-0.2, -0.15) is 0 Å². The number of ether oxygens (including phenoxy) is 1. The van der Waals surface area contributed by atoms with Gasteiger partial charge in [-0.3, -0.25) is 4.79 Å². The van der Waals surface area contributed by atoms with Gasteiger partial charge in [0.15, 0.2) is 0 Å². The zero-order valence-corrected chi connectivity index (χ0v) is 17.0. The fraction of sp³-hybridized carbons (Fsp3) is 0.714. The van der Waals surface area contributed by atoms with Gasteiger partial charge in [0.05, 0.1) is 18.8 Å². The van der Waals surface area contributed by atoms with Crippen LogP contribution in [0.3, 0.4) is 0 Å². The minimum absolute atomic E-state index is 0.0750. The van der Waals surface area contributed by atoms with Crippen molar-refractivity contribution in [2.45, 2.75) is 58.9 Å². The first-order valence-corrected chi connectivity index (χ1v) is 10.1. The van der Waals surface area contributed by atoms with Crippen LogP contribution in [0.1, 0.15) is 63.2 Å². The van der Waals surface area contributed by atoms with Gasteiger partial charge in [0.25, 0.3) is 5.91 Å². The Labute approximate surface area is 163 Å². The summed E-state index contributed by atoms with van der Waals surface area (Å²) in [5.74, 6) is 1.08. The van der Waals surface area contributed by atoms with E-state index >= 15 is 0 Å². The number of nitrogens with one attached hydrogen (secondary N) is 2. The van der Waals surface area contributed by atoms with Gasteiger partial charge in [-0.15, -0.1) is 0 Å². The number of rotatable bonds is 9. The normalized spacial score (nSPS) is 20.3. The third-order valence-corrected chi connectivity index (χ3v) is 4.86. The van der Waals surface area contributed by atoms with E-state index in [4.69, 9.17) is 9.84 Å². The molecular weight excluding hydrogens is 342 g/mol. The van der Waals surface area contributed by atoms with Crippen LogP contribution in [0.5, 0.6) is 5.88 Å². The predicted octanol–water partition coefficient (Wildman–Crippen LogP) is 2.77. The van der Waals surface area contributed by atoms with E-state index in [1.165, 1.54) is 31.9 Å². The molecule has 0 spiro atoms. The SMILES string of the molecule is CC(C)(C)CC1CC(CCCOc2ccc(C(=O)NCCO)cn2)CCN1. The molecule has 1 aromatic heterocycles. The zero-order valence-electron chi connectivity index (χ0n) is 17.0. The molecule has 1 aliphatic rings. The van der Waals surface area contributed by atoms with E-state index in [1.807, 2.05) is 0 Å². The monoisotopic (exact) mass is 377 g/mol. The third-order valence-electron chi connectivity index (χ3n) is 4.86. The molecule has 27 heavy (non-hydrogen) atoms. The van der Waals surface area contributed by atoms with Gasteiger partial charge >= 0.3 is 0 Å². The van der Waals surface area contributed by atoms with Crippen LogP contribution < -0.4 is 15.4 Å². The van der Waals surface area contributed by atoms with Gasteiger partial charge in [0.1, 0.15) is 0 Å². The Bertz CT molecular complexity index is 569. The summed E-state index contributed by atoms with van der Waals surface area (Å²) in [6, 6.07) is 4.05. The van der Waals surface area contributed by atoms with Gasteiger partial charge in [-0.1, -0.05) is 20.8 Å². The fourth-order valence-electron chi connectivity index (χ4n) is 3.67. The highest BCUT2D eigenvalue weighted by molar-refractivity contribution is 5.93. The summed E-state index contributed by atoms with van der Waals surface area (Å²) in [6.45, 7) is 8.85. The second-order valence-corrected chi connectivity index (χ2v) is 8.66. The molecule has 0 bridgehead atoms. The lowest BCUT2D eigenvalue weighted by Crippen LogP contribution is -2.40. The number of aromatic nitrogens is 1. The van der Waals surface area contributed by atoms with E-state index in [9.17, 15) is 4.79 Å². The van der Waals surface area contributed by atoms with Crippen molar-refractivity contribution in [3.8, 4) is 5.88 Å². The Morgan fingerprint density at radius 3 is 2.89 bits per heavy atom. The van der Waals surface area contributed by atoms with Crippen molar-refractivity contribution < 1.29 is 14.6 Å². The molecule has 0 radical (unpaired) electrons. The largest absolute Gasteiger partial charge is 0.478 e. The van der Waals surface area contributed by atoms with E-state index in [2.05, 4.69) is 36.4 Å².